The Morgan fingerprint density at radius 2 is 2.17 bits per heavy atom. The average Bonchev–Trinajstić information content (AvgIpc) is 2.06. The molecule has 1 aliphatic rings. The van der Waals surface area contributed by atoms with Gasteiger partial charge in [-0.15, -0.1) is 0 Å². The molecule has 0 saturated heterocycles. The third-order valence-electron chi connectivity index (χ3n) is 1.95. The van der Waals surface area contributed by atoms with E-state index < -0.39 is 12.2 Å². The Morgan fingerprint density at radius 1 is 1.50 bits per heavy atom. The maximum absolute atomic E-state index is 9.55. The molecule has 68 valence electrons. The fraction of sp³-hybridized carbons (Fsp3) is 0.556. The molecule has 0 saturated carbocycles. The Morgan fingerprint density at radius 3 is 2.75 bits per heavy atom. The van der Waals surface area contributed by atoms with Crippen molar-refractivity contribution in [1.82, 2.24) is 0 Å². The number of aliphatic hydroxyl groups is 2. The molecule has 0 aromatic carbocycles. The molecule has 0 aliphatic heterocycles. The van der Waals surface area contributed by atoms with Crippen LogP contribution in [0.3, 0.4) is 0 Å². The molecule has 0 fully saturated rings. The van der Waals surface area contributed by atoms with Crippen molar-refractivity contribution in [3.8, 4) is 0 Å². The van der Waals surface area contributed by atoms with Crippen LogP contribution in [0.25, 0.3) is 0 Å². The Labute approximate surface area is 80.7 Å². The van der Waals surface area contributed by atoms with Crippen LogP contribution in [0.1, 0.15) is 19.8 Å². The highest BCUT2D eigenvalue weighted by atomic mass is 79.9. The van der Waals surface area contributed by atoms with Gasteiger partial charge in [-0.25, -0.2) is 0 Å². The Bertz CT molecular complexity index is 221. The Kier molecular flexibility index (Phi) is 3.50. The molecular weight excluding hydrogens is 220 g/mol. The van der Waals surface area contributed by atoms with Gasteiger partial charge >= 0.3 is 0 Å². The molecule has 0 bridgehead atoms. The predicted octanol–water partition coefficient (Wildman–Crippen LogP) is 1.73. The van der Waals surface area contributed by atoms with Crippen molar-refractivity contribution in [3.63, 3.8) is 0 Å². The van der Waals surface area contributed by atoms with Gasteiger partial charge in [-0.05, 0) is 18.1 Å². The van der Waals surface area contributed by atoms with E-state index in [4.69, 9.17) is 0 Å². The molecule has 0 aromatic heterocycles. The van der Waals surface area contributed by atoms with E-state index in [0.29, 0.717) is 0 Å². The monoisotopic (exact) mass is 232 g/mol. The van der Waals surface area contributed by atoms with Crippen molar-refractivity contribution < 1.29 is 10.2 Å². The van der Waals surface area contributed by atoms with Crippen LogP contribution < -0.4 is 0 Å². The van der Waals surface area contributed by atoms with Gasteiger partial charge in [0.05, 0.1) is 0 Å². The molecule has 1 aliphatic carbocycles. The molecule has 12 heavy (non-hydrogen) atoms. The summed E-state index contributed by atoms with van der Waals surface area (Å²) in [5, 5.41) is 18.9. The van der Waals surface area contributed by atoms with E-state index in [1.165, 1.54) is 0 Å². The van der Waals surface area contributed by atoms with Crippen molar-refractivity contribution >= 4 is 15.9 Å². The number of hydrogen-bond acceptors (Lipinski definition) is 2. The van der Waals surface area contributed by atoms with Gasteiger partial charge in [-0.2, -0.15) is 0 Å². The fourth-order valence-corrected chi connectivity index (χ4v) is 1.86. The first-order valence-electron chi connectivity index (χ1n) is 4.09. The van der Waals surface area contributed by atoms with E-state index in [9.17, 15) is 10.2 Å². The Hall–Kier alpha value is -0.120. The molecule has 2 nitrogen and oxygen atoms in total. The van der Waals surface area contributed by atoms with Crippen LogP contribution in [0, 0.1) is 0 Å². The first-order valence-corrected chi connectivity index (χ1v) is 4.89. The van der Waals surface area contributed by atoms with E-state index >= 15 is 0 Å². The van der Waals surface area contributed by atoms with Crippen LogP contribution in [0.5, 0.6) is 0 Å². The second-order valence-corrected chi connectivity index (χ2v) is 3.77. The summed E-state index contributed by atoms with van der Waals surface area (Å²) in [6.07, 6.45) is 3.71. The predicted molar refractivity (Wildman–Crippen MR) is 52.0 cm³/mol. The quantitative estimate of drug-likeness (QED) is 0.762. The van der Waals surface area contributed by atoms with Gasteiger partial charge in [0.25, 0.3) is 0 Å². The van der Waals surface area contributed by atoms with Crippen molar-refractivity contribution in [2.45, 2.75) is 32.0 Å². The second kappa shape index (κ2) is 4.21. The van der Waals surface area contributed by atoms with E-state index in [0.717, 1.165) is 22.9 Å². The van der Waals surface area contributed by atoms with Gasteiger partial charge in [0, 0.05) is 4.48 Å². The highest BCUT2D eigenvalue weighted by Crippen LogP contribution is 2.27. The topological polar surface area (TPSA) is 40.5 Å². The molecule has 0 amide bonds. The maximum atomic E-state index is 9.55. The van der Waals surface area contributed by atoms with Crippen molar-refractivity contribution in [3.05, 3.63) is 22.2 Å². The first-order chi connectivity index (χ1) is 5.66. The zero-order valence-electron chi connectivity index (χ0n) is 7.00. The average molecular weight is 233 g/mol. The van der Waals surface area contributed by atoms with Crippen LogP contribution in [-0.4, -0.2) is 22.4 Å². The van der Waals surface area contributed by atoms with Crippen LogP contribution >= 0.6 is 15.9 Å². The highest BCUT2D eigenvalue weighted by molar-refractivity contribution is 9.11. The summed E-state index contributed by atoms with van der Waals surface area (Å²) in [5.41, 5.74) is 0.896. The van der Waals surface area contributed by atoms with Crippen molar-refractivity contribution in [1.29, 1.82) is 0 Å². The molecule has 1 rings (SSSR count). The van der Waals surface area contributed by atoms with Gasteiger partial charge < -0.3 is 10.2 Å². The first kappa shape index (κ1) is 9.96. The highest BCUT2D eigenvalue weighted by Gasteiger charge is 2.22. The molecule has 3 heteroatoms. The van der Waals surface area contributed by atoms with Crippen molar-refractivity contribution in [2.24, 2.45) is 0 Å². The normalized spacial score (nSPS) is 29.7. The van der Waals surface area contributed by atoms with Crippen LogP contribution in [0.15, 0.2) is 22.2 Å². The number of halogens is 1. The number of hydrogen-bond donors (Lipinski definition) is 2. The summed E-state index contributed by atoms with van der Waals surface area (Å²) >= 11 is 3.35. The van der Waals surface area contributed by atoms with E-state index in [1.807, 2.05) is 6.92 Å². The summed E-state index contributed by atoms with van der Waals surface area (Å²) in [5.74, 6) is 0. The second-order valence-electron chi connectivity index (χ2n) is 2.92. The molecule has 0 spiro atoms. The van der Waals surface area contributed by atoms with Gasteiger partial charge in [-0.1, -0.05) is 35.4 Å². The largest absolute Gasteiger partial charge is 0.386 e. The van der Waals surface area contributed by atoms with Gasteiger partial charge in [0.2, 0.25) is 0 Å². The molecule has 0 aromatic rings. The van der Waals surface area contributed by atoms with E-state index in [2.05, 4.69) is 15.9 Å². The van der Waals surface area contributed by atoms with E-state index in [-0.39, 0.29) is 0 Å². The maximum Gasteiger partial charge on any atom is 0.106 e. The molecular formula is C9H13BrO2. The Balaban J connectivity index is 2.82. The molecule has 0 heterocycles. The molecule has 2 atom stereocenters. The standard InChI is InChI=1S/C9H13BrO2/c1-2-3-6-7(10)4-5-8(11)9(6)12/h4-5,8-9,11-12H,2-3H2,1H3/t8-,9+/m0/s1. The fourth-order valence-electron chi connectivity index (χ4n) is 1.28. The molecule has 0 radical (unpaired) electrons. The number of aliphatic hydroxyl groups excluding tert-OH is 2. The zero-order chi connectivity index (χ0) is 9.14. The van der Waals surface area contributed by atoms with Gasteiger partial charge in [0.1, 0.15) is 12.2 Å². The van der Waals surface area contributed by atoms with Crippen LogP contribution in [0.2, 0.25) is 0 Å². The number of rotatable bonds is 2. The van der Waals surface area contributed by atoms with Crippen LogP contribution in [-0.2, 0) is 0 Å². The lowest BCUT2D eigenvalue weighted by Gasteiger charge is -2.22. The van der Waals surface area contributed by atoms with Crippen LogP contribution in [0.4, 0.5) is 0 Å². The smallest absolute Gasteiger partial charge is 0.106 e. The summed E-state index contributed by atoms with van der Waals surface area (Å²) in [6.45, 7) is 2.05. The number of allylic oxidation sites excluding steroid dienone is 2. The summed E-state index contributed by atoms with van der Waals surface area (Å²) in [4.78, 5) is 0. The SMILES string of the molecule is CCCC1=C(Br)C=C[C@H](O)[C@@H]1O. The van der Waals surface area contributed by atoms with Gasteiger partial charge in [-0.3, -0.25) is 0 Å². The summed E-state index contributed by atoms with van der Waals surface area (Å²) in [6, 6.07) is 0. The van der Waals surface area contributed by atoms with E-state index in [1.54, 1.807) is 12.2 Å². The molecule has 2 N–H and O–H groups in total. The lowest BCUT2D eigenvalue weighted by atomic mass is 9.96. The third kappa shape index (κ3) is 1.97. The van der Waals surface area contributed by atoms with Gasteiger partial charge in [0.15, 0.2) is 0 Å². The minimum atomic E-state index is -0.743. The third-order valence-corrected chi connectivity index (χ3v) is 2.72. The minimum Gasteiger partial charge on any atom is -0.386 e. The molecule has 0 unspecified atom stereocenters. The summed E-state index contributed by atoms with van der Waals surface area (Å²) < 4.78 is 0.905. The lowest BCUT2D eigenvalue weighted by molar-refractivity contribution is 0.0690. The zero-order valence-corrected chi connectivity index (χ0v) is 8.58. The minimum absolute atomic E-state index is 0.732. The summed E-state index contributed by atoms with van der Waals surface area (Å²) in [7, 11) is 0. The van der Waals surface area contributed by atoms with Crippen molar-refractivity contribution in [2.75, 3.05) is 0 Å². The lowest BCUT2D eigenvalue weighted by Crippen LogP contribution is -2.28.